The molecule has 1 N–H and O–H groups in total. The van der Waals surface area contributed by atoms with Crippen molar-refractivity contribution in [3.8, 4) is 0 Å². The van der Waals surface area contributed by atoms with Crippen molar-refractivity contribution in [3.05, 3.63) is 59.2 Å². The molecular weight excluding hydrogens is 362 g/mol. The first-order valence-electron chi connectivity index (χ1n) is 10.7. The summed E-state index contributed by atoms with van der Waals surface area (Å²) in [5, 5.41) is 0. The van der Waals surface area contributed by atoms with Crippen LogP contribution < -0.4 is 14.7 Å². The number of anilines is 2. The van der Waals surface area contributed by atoms with E-state index in [0.29, 0.717) is 12.2 Å². The minimum Gasteiger partial charge on any atom is -0.372 e. The lowest BCUT2D eigenvalue weighted by Gasteiger charge is -2.29. The maximum atomic E-state index is 12.5. The molecule has 0 bridgehead atoms. The first kappa shape index (κ1) is 19.6. The molecule has 4 rings (SSSR count). The Morgan fingerprint density at radius 3 is 2.31 bits per heavy atom. The molecule has 0 spiro atoms. The van der Waals surface area contributed by atoms with E-state index in [9.17, 15) is 9.59 Å². The highest BCUT2D eigenvalue weighted by atomic mass is 16.2. The quantitative estimate of drug-likeness (QED) is 0.768. The maximum absolute atomic E-state index is 12.5. The standard InChI is InChI=1S/C24H29N3O2/c1-3-18-9-12-22-21(15-18)23(28)24(29)27(22)17-25(2)16-19-7-10-20(11-8-19)26-13-5-4-6-14-26/h7-12,15H,3-6,13-14,16-17H2,1-2H3/p+1. The number of Topliss-reactive ketones (excluding diaryl/α,β-unsaturated/α-hetero) is 1. The maximum Gasteiger partial charge on any atom is 0.303 e. The number of nitrogens with zero attached hydrogens (tertiary/aromatic N) is 2. The van der Waals surface area contributed by atoms with E-state index < -0.39 is 5.91 Å². The molecule has 0 saturated carbocycles. The topological polar surface area (TPSA) is 45.1 Å². The van der Waals surface area contributed by atoms with E-state index in [1.807, 2.05) is 18.2 Å². The lowest BCUT2D eigenvalue weighted by molar-refractivity contribution is -0.892. The van der Waals surface area contributed by atoms with Gasteiger partial charge >= 0.3 is 5.91 Å². The predicted octanol–water partition coefficient (Wildman–Crippen LogP) is 2.44. The number of carbonyl (C=O) groups excluding carboxylic acids is 2. The van der Waals surface area contributed by atoms with Gasteiger partial charge in [0.15, 0.2) is 6.67 Å². The van der Waals surface area contributed by atoms with Crippen LogP contribution in [0.3, 0.4) is 0 Å². The summed E-state index contributed by atoms with van der Waals surface area (Å²) in [7, 11) is 2.06. The number of carbonyl (C=O) groups is 2. The summed E-state index contributed by atoms with van der Waals surface area (Å²) in [5.41, 5.74) is 4.92. The normalized spacial score (nSPS) is 17.6. The first-order chi connectivity index (χ1) is 14.1. The summed E-state index contributed by atoms with van der Waals surface area (Å²) in [6.45, 7) is 5.64. The number of rotatable bonds is 6. The van der Waals surface area contributed by atoms with Gasteiger partial charge in [-0.05, 0) is 55.5 Å². The minimum absolute atomic E-state index is 0.381. The van der Waals surface area contributed by atoms with Crippen LogP contribution in [0.25, 0.3) is 0 Å². The second-order valence-corrected chi connectivity index (χ2v) is 8.27. The van der Waals surface area contributed by atoms with Crippen molar-refractivity contribution in [2.24, 2.45) is 0 Å². The molecule has 1 atom stereocenters. The minimum atomic E-state index is -0.409. The monoisotopic (exact) mass is 392 g/mol. The Morgan fingerprint density at radius 2 is 1.62 bits per heavy atom. The third-order valence-electron chi connectivity index (χ3n) is 6.04. The molecule has 5 heteroatoms. The fourth-order valence-electron chi connectivity index (χ4n) is 4.38. The highest BCUT2D eigenvalue weighted by Crippen LogP contribution is 2.29. The number of ketones is 1. The van der Waals surface area contributed by atoms with Crippen LogP contribution in [-0.4, -0.2) is 38.5 Å². The van der Waals surface area contributed by atoms with Crippen molar-refractivity contribution in [2.75, 3.05) is 36.6 Å². The Labute approximate surface area is 172 Å². The molecule has 1 amide bonds. The molecule has 2 aliphatic rings. The smallest absolute Gasteiger partial charge is 0.303 e. The molecule has 1 saturated heterocycles. The molecule has 2 heterocycles. The number of quaternary nitrogens is 1. The molecule has 0 aromatic heterocycles. The second-order valence-electron chi connectivity index (χ2n) is 8.27. The number of benzene rings is 2. The van der Waals surface area contributed by atoms with E-state index in [1.165, 1.54) is 35.4 Å². The number of hydrogen-bond donors (Lipinski definition) is 1. The Morgan fingerprint density at radius 1 is 0.931 bits per heavy atom. The SMILES string of the molecule is CCc1ccc2c(c1)C(=O)C(=O)N2C[NH+](C)Cc1ccc(N2CCCCC2)cc1. The van der Waals surface area contributed by atoms with Crippen LogP contribution in [0.5, 0.6) is 0 Å². The number of aryl methyl sites for hydroxylation is 1. The van der Waals surface area contributed by atoms with Crippen molar-refractivity contribution in [3.63, 3.8) is 0 Å². The zero-order valence-electron chi connectivity index (χ0n) is 17.4. The van der Waals surface area contributed by atoms with E-state index in [0.717, 1.165) is 37.3 Å². The molecule has 1 unspecified atom stereocenters. The highest BCUT2D eigenvalue weighted by molar-refractivity contribution is 6.52. The zero-order valence-corrected chi connectivity index (χ0v) is 17.4. The van der Waals surface area contributed by atoms with Gasteiger partial charge in [-0.15, -0.1) is 0 Å². The molecule has 2 aliphatic heterocycles. The van der Waals surface area contributed by atoms with Gasteiger partial charge in [0.2, 0.25) is 0 Å². The molecule has 1 fully saturated rings. The van der Waals surface area contributed by atoms with Crippen LogP contribution >= 0.6 is 0 Å². The summed E-state index contributed by atoms with van der Waals surface area (Å²) in [6.07, 6.45) is 4.74. The molecule has 152 valence electrons. The van der Waals surface area contributed by atoms with Crippen molar-refractivity contribution in [1.82, 2.24) is 0 Å². The molecule has 0 aliphatic carbocycles. The van der Waals surface area contributed by atoms with Crippen LogP contribution in [0.15, 0.2) is 42.5 Å². The van der Waals surface area contributed by atoms with Crippen molar-refractivity contribution >= 4 is 23.1 Å². The van der Waals surface area contributed by atoms with Crippen LogP contribution in [0.2, 0.25) is 0 Å². The number of hydrogen-bond acceptors (Lipinski definition) is 3. The van der Waals surface area contributed by atoms with Gasteiger partial charge in [-0.1, -0.05) is 25.1 Å². The van der Waals surface area contributed by atoms with Crippen molar-refractivity contribution in [2.45, 2.75) is 39.2 Å². The Bertz CT molecular complexity index is 901. The van der Waals surface area contributed by atoms with Gasteiger partial charge in [-0.3, -0.25) is 14.5 Å². The Hall–Kier alpha value is -2.66. The van der Waals surface area contributed by atoms with E-state index in [4.69, 9.17) is 0 Å². The van der Waals surface area contributed by atoms with Gasteiger partial charge in [0, 0.05) is 24.3 Å². The lowest BCUT2D eigenvalue weighted by atomic mass is 10.1. The Balaban J connectivity index is 1.41. The zero-order chi connectivity index (χ0) is 20.4. The van der Waals surface area contributed by atoms with Crippen molar-refractivity contribution in [1.29, 1.82) is 0 Å². The van der Waals surface area contributed by atoms with Gasteiger partial charge in [-0.25, -0.2) is 0 Å². The van der Waals surface area contributed by atoms with Gasteiger partial charge in [0.1, 0.15) is 6.54 Å². The summed E-state index contributed by atoms with van der Waals surface area (Å²) in [4.78, 5) is 30.2. The fraction of sp³-hybridized carbons (Fsp3) is 0.417. The van der Waals surface area contributed by atoms with E-state index in [2.05, 4.69) is 43.1 Å². The summed E-state index contributed by atoms with van der Waals surface area (Å²) in [5.74, 6) is -0.790. The summed E-state index contributed by atoms with van der Waals surface area (Å²) >= 11 is 0. The first-order valence-corrected chi connectivity index (χ1v) is 10.7. The molecule has 2 aromatic rings. The van der Waals surface area contributed by atoms with Crippen LogP contribution in [-0.2, 0) is 17.8 Å². The number of amides is 1. The summed E-state index contributed by atoms with van der Waals surface area (Å²) in [6, 6.07) is 14.6. The average Bonchev–Trinajstić information content (AvgIpc) is 2.99. The number of piperidine rings is 1. The van der Waals surface area contributed by atoms with E-state index >= 15 is 0 Å². The van der Waals surface area contributed by atoms with Gasteiger partial charge in [-0.2, -0.15) is 0 Å². The van der Waals surface area contributed by atoms with Crippen LogP contribution in [0.4, 0.5) is 11.4 Å². The molecule has 29 heavy (non-hydrogen) atoms. The number of fused-ring (bicyclic) bond motifs is 1. The fourth-order valence-corrected chi connectivity index (χ4v) is 4.38. The molecular formula is C24H30N3O2+. The predicted molar refractivity (Wildman–Crippen MR) is 116 cm³/mol. The molecule has 2 aromatic carbocycles. The number of nitrogens with one attached hydrogen (secondary N) is 1. The van der Waals surface area contributed by atoms with Gasteiger partial charge in [0.05, 0.1) is 18.3 Å². The Kier molecular flexibility index (Phi) is 5.67. The van der Waals surface area contributed by atoms with Crippen LogP contribution in [0, 0.1) is 0 Å². The van der Waals surface area contributed by atoms with E-state index in [1.54, 1.807) is 4.90 Å². The molecule has 5 nitrogen and oxygen atoms in total. The highest BCUT2D eigenvalue weighted by Gasteiger charge is 2.37. The van der Waals surface area contributed by atoms with E-state index in [-0.39, 0.29) is 5.78 Å². The third-order valence-corrected chi connectivity index (χ3v) is 6.04. The van der Waals surface area contributed by atoms with Crippen molar-refractivity contribution < 1.29 is 14.5 Å². The largest absolute Gasteiger partial charge is 0.372 e. The second kappa shape index (κ2) is 8.37. The third kappa shape index (κ3) is 4.06. The van der Waals surface area contributed by atoms with Crippen LogP contribution in [0.1, 0.15) is 47.7 Å². The average molecular weight is 393 g/mol. The van der Waals surface area contributed by atoms with Gasteiger partial charge < -0.3 is 9.80 Å². The van der Waals surface area contributed by atoms with Gasteiger partial charge in [0.25, 0.3) is 5.78 Å². The summed E-state index contributed by atoms with van der Waals surface area (Å²) < 4.78 is 0. The molecule has 0 radical (unpaired) electrons. The lowest BCUT2D eigenvalue weighted by Crippen LogP contribution is -3.09.